The second-order valence-corrected chi connectivity index (χ2v) is 8.07. The van der Waals surface area contributed by atoms with Gasteiger partial charge in [0.1, 0.15) is 6.54 Å². The van der Waals surface area contributed by atoms with E-state index in [1.165, 1.54) is 4.57 Å². The molecule has 8 nitrogen and oxygen atoms in total. The number of benzene rings is 1. The molecule has 148 valence electrons. The Morgan fingerprint density at radius 2 is 2.00 bits per heavy atom. The monoisotopic (exact) mass is 402 g/mol. The Hall–Kier alpha value is -2.45. The Morgan fingerprint density at radius 3 is 2.64 bits per heavy atom. The molecule has 2 aromatic rings. The maximum Gasteiger partial charge on any atom is 0.286 e. The number of aromatic nitrogens is 3. The summed E-state index contributed by atoms with van der Waals surface area (Å²) in [5, 5.41) is 8.58. The molecule has 1 aromatic carbocycles. The van der Waals surface area contributed by atoms with Gasteiger partial charge in [-0.05, 0) is 43.4 Å². The summed E-state index contributed by atoms with van der Waals surface area (Å²) in [5.74, 6) is -0.0802. The van der Waals surface area contributed by atoms with Crippen molar-refractivity contribution in [2.45, 2.75) is 50.2 Å². The molecule has 4 N–H and O–H groups in total. The van der Waals surface area contributed by atoms with Crippen molar-refractivity contribution in [1.29, 1.82) is 0 Å². The molecule has 1 aliphatic heterocycles. The minimum Gasteiger partial charge on any atom is -0.363 e. The van der Waals surface area contributed by atoms with Crippen molar-refractivity contribution in [3.8, 4) is 0 Å². The lowest BCUT2D eigenvalue weighted by molar-refractivity contribution is -0.137. The topological polar surface area (TPSA) is 120 Å². The quantitative estimate of drug-likeness (QED) is 0.796. The number of carbonyl (C=O) groups is 2. The Kier molecular flexibility index (Phi) is 4.84. The number of halogens is 1. The number of carbonyl (C=O) groups excluding carboxylic acids is 2. The summed E-state index contributed by atoms with van der Waals surface area (Å²) < 4.78 is 1.51. The van der Waals surface area contributed by atoms with E-state index in [1.54, 1.807) is 0 Å². The number of rotatable bonds is 4. The Balaban J connectivity index is 1.50. The molecule has 0 radical (unpaired) electrons. The van der Waals surface area contributed by atoms with Crippen LogP contribution in [0.2, 0.25) is 5.02 Å². The number of nitrogens with two attached hydrogens (primary N) is 2. The van der Waals surface area contributed by atoms with Crippen LogP contribution in [-0.4, -0.2) is 44.1 Å². The van der Waals surface area contributed by atoms with Gasteiger partial charge in [-0.25, -0.2) is 0 Å². The van der Waals surface area contributed by atoms with E-state index in [0.717, 1.165) is 31.2 Å². The molecule has 0 unspecified atom stereocenters. The fourth-order valence-electron chi connectivity index (χ4n) is 4.50. The Labute approximate surface area is 167 Å². The molecule has 0 bridgehead atoms. The molecule has 1 aromatic heterocycles. The maximum atomic E-state index is 12.7. The van der Waals surface area contributed by atoms with Crippen LogP contribution in [0, 0.1) is 0 Å². The summed E-state index contributed by atoms with van der Waals surface area (Å²) in [7, 11) is 0. The number of amides is 2. The summed E-state index contributed by atoms with van der Waals surface area (Å²) in [6, 6.07) is 8.02. The van der Waals surface area contributed by atoms with Crippen LogP contribution in [0.5, 0.6) is 0 Å². The molecular formula is C19H23ClN6O2. The van der Waals surface area contributed by atoms with Gasteiger partial charge in [0, 0.05) is 23.0 Å². The number of nitrogens with zero attached hydrogens (tertiary/aromatic N) is 4. The number of hydrogen-bond acceptors (Lipinski definition) is 5. The van der Waals surface area contributed by atoms with E-state index in [-0.39, 0.29) is 29.7 Å². The van der Waals surface area contributed by atoms with E-state index in [2.05, 4.69) is 16.3 Å². The molecule has 9 heteroatoms. The molecule has 2 amide bonds. The molecule has 0 saturated heterocycles. The van der Waals surface area contributed by atoms with E-state index in [4.69, 9.17) is 23.1 Å². The zero-order chi connectivity index (χ0) is 19.9. The highest BCUT2D eigenvalue weighted by Gasteiger charge is 2.40. The Bertz CT molecular complexity index is 919. The minimum atomic E-state index is -0.674. The summed E-state index contributed by atoms with van der Waals surface area (Å²) in [4.78, 5) is 26.0. The fourth-order valence-corrected chi connectivity index (χ4v) is 4.69. The van der Waals surface area contributed by atoms with Crippen LogP contribution >= 0.6 is 11.6 Å². The van der Waals surface area contributed by atoms with E-state index in [9.17, 15) is 9.59 Å². The second kappa shape index (κ2) is 7.18. The third-order valence-corrected chi connectivity index (χ3v) is 6.39. The first kappa shape index (κ1) is 18.9. The first-order chi connectivity index (χ1) is 13.4. The predicted octanol–water partition coefficient (Wildman–Crippen LogP) is 1.21. The summed E-state index contributed by atoms with van der Waals surface area (Å²) in [6.07, 6.45) is 3.48. The van der Waals surface area contributed by atoms with Crippen LogP contribution in [0.4, 0.5) is 0 Å². The first-order valence-corrected chi connectivity index (χ1v) is 9.79. The molecule has 0 atom stereocenters. The van der Waals surface area contributed by atoms with Gasteiger partial charge in [0.05, 0.1) is 6.54 Å². The van der Waals surface area contributed by atoms with Gasteiger partial charge in [0.2, 0.25) is 11.7 Å². The lowest BCUT2D eigenvalue weighted by Gasteiger charge is -2.44. The van der Waals surface area contributed by atoms with Crippen LogP contribution in [0.15, 0.2) is 24.3 Å². The first-order valence-electron chi connectivity index (χ1n) is 9.41. The molecule has 1 aliphatic carbocycles. The molecule has 4 rings (SSSR count). The summed E-state index contributed by atoms with van der Waals surface area (Å²) in [5.41, 5.74) is 12.5. The van der Waals surface area contributed by atoms with Gasteiger partial charge < -0.3 is 16.4 Å². The zero-order valence-corrected chi connectivity index (χ0v) is 16.2. The molecule has 28 heavy (non-hydrogen) atoms. The van der Waals surface area contributed by atoms with Gasteiger partial charge in [-0.3, -0.25) is 14.2 Å². The third kappa shape index (κ3) is 3.16. The molecule has 2 heterocycles. The van der Waals surface area contributed by atoms with Crippen LogP contribution in [0.1, 0.15) is 47.7 Å². The van der Waals surface area contributed by atoms with Gasteiger partial charge in [-0.1, -0.05) is 23.7 Å². The maximum absolute atomic E-state index is 12.7. The smallest absolute Gasteiger partial charge is 0.286 e. The third-order valence-electron chi connectivity index (χ3n) is 6.15. The normalized spacial score (nSPS) is 24.9. The van der Waals surface area contributed by atoms with Crippen molar-refractivity contribution in [2.75, 3.05) is 6.54 Å². The number of hydrogen-bond donors (Lipinski definition) is 2. The van der Waals surface area contributed by atoms with Crippen molar-refractivity contribution in [1.82, 2.24) is 19.7 Å². The van der Waals surface area contributed by atoms with Crippen molar-refractivity contribution in [3.63, 3.8) is 0 Å². The molecule has 1 saturated carbocycles. The van der Waals surface area contributed by atoms with Crippen molar-refractivity contribution >= 4 is 23.4 Å². The van der Waals surface area contributed by atoms with E-state index >= 15 is 0 Å². The zero-order valence-electron chi connectivity index (χ0n) is 15.5. The molecule has 1 fully saturated rings. The predicted molar refractivity (Wildman–Crippen MR) is 104 cm³/mol. The van der Waals surface area contributed by atoms with Crippen LogP contribution in [-0.2, 0) is 23.3 Å². The highest BCUT2D eigenvalue weighted by Crippen LogP contribution is 2.41. The summed E-state index contributed by atoms with van der Waals surface area (Å²) in [6.45, 7) is 0.939. The Morgan fingerprint density at radius 1 is 1.25 bits per heavy atom. The second-order valence-electron chi connectivity index (χ2n) is 7.64. The number of primary amides is 1. The largest absolute Gasteiger partial charge is 0.363 e. The lowest BCUT2D eigenvalue weighted by Crippen LogP contribution is -2.50. The van der Waals surface area contributed by atoms with Crippen LogP contribution in [0.3, 0.4) is 0 Å². The molecule has 2 aliphatic rings. The van der Waals surface area contributed by atoms with E-state index in [1.807, 2.05) is 23.1 Å². The van der Waals surface area contributed by atoms with Crippen LogP contribution < -0.4 is 11.5 Å². The highest BCUT2D eigenvalue weighted by atomic mass is 35.5. The summed E-state index contributed by atoms with van der Waals surface area (Å²) >= 11 is 6.18. The lowest BCUT2D eigenvalue weighted by atomic mass is 9.68. The van der Waals surface area contributed by atoms with Gasteiger partial charge in [0.25, 0.3) is 5.91 Å². The van der Waals surface area contributed by atoms with E-state index < -0.39 is 5.91 Å². The van der Waals surface area contributed by atoms with Crippen molar-refractivity contribution in [3.05, 3.63) is 46.5 Å². The SMILES string of the molecule is NCC1(c2cccc(Cl)c2)CCC(N2Cc3nnc(C(N)=O)n3CC2=O)CC1. The van der Waals surface area contributed by atoms with Gasteiger partial charge in [-0.2, -0.15) is 0 Å². The average Bonchev–Trinajstić information content (AvgIpc) is 3.10. The van der Waals surface area contributed by atoms with Gasteiger partial charge in [0.15, 0.2) is 5.82 Å². The average molecular weight is 403 g/mol. The van der Waals surface area contributed by atoms with Crippen LogP contribution in [0.25, 0.3) is 0 Å². The van der Waals surface area contributed by atoms with Gasteiger partial charge in [-0.15, -0.1) is 10.2 Å². The van der Waals surface area contributed by atoms with E-state index in [0.29, 0.717) is 23.9 Å². The minimum absolute atomic E-state index is 0.0368. The van der Waals surface area contributed by atoms with Crippen molar-refractivity contribution in [2.24, 2.45) is 11.5 Å². The highest BCUT2D eigenvalue weighted by molar-refractivity contribution is 6.30. The molecule has 0 spiro atoms. The molecular weight excluding hydrogens is 380 g/mol. The van der Waals surface area contributed by atoms with Crippen molar-refractivity contribution < 1.29 is 9.59 Å². The standard InChI is InChI=1S/C19H23ClN6O2/c20-13-3-1-2-12(8-13)19(11-21)6-4-14(5-7-19)25-9-15-23-24-18(17(22)28)26(15)10-16(25)27/h1-3,8,14H,4-7,9-11,21H2,(H2,22,28). The van der Waals surface area contributed by atoms with Gasteiger partial charge >= 0.3 is 0 Å². The number of fused-ring (bicyclic) bond motifs is 1. The fraction of sp³-hybridized carbons (Fsp3) is 0.474.